The molecule has 1 aromatic carbocycles. The van der Waals surface area contributed by atoms with Gasteiger partial charge in [0.1, 0.15) is 29.3 Å². The molecule has 0 saturated heterocycles. The molecule has 0 aliphatic rings. The normalized spacial score (nSPS) is 11.3. The lowest BCUT2D eigenvalue weighted by atomic mass is 10.1. The van der Waals surface area contributed by atoms with Gasteiger partial charge in [0.05, 0.1) is 26.1 Å². The summed E-state index contributed by atoms with van der Waals surface area (Å²) >= 11 is 0. The molecular formula is C26H24F3N5O4. The summed E-state index contributed by atoms with van der Waals surface area (Å²) in [5.74, 6) is -1.22. The molecule has 0 fully saturated rings. The molecule has 0 spiro atoms. The van der Waals surface area contributed by atoms with Gasteiger partial charge in [-0.2, -0.15) is 13.2 Å². The van der Waals surface area contributed by atoms with Crippen molar-refractivity contribution < 1.29 is 32.2 Å². The smallest absolute Gasteiger partial charge is 0.405 e. The van der Waals surface area contributed by atoms with Gasteiger partial charge in [0, 0.05) is 35.8 Å². The zero-order valence-corrected chi connectivity index (χ0v) is 20.7. The third-order valence-electron chi connectivity index (χ3n) is 5.68. The maximum Gasteiger partial charge on any atom is 0.405 e. The first-order chi connectivity index (χ1) is 18.1. The van der Waals surface area contributed by atoms with Crippen molar-refractivity contribution in [3.63, 3.8) is 0 Å². The fourth-order valence-electron chi connectivity index (χ4n) is 3.78. The van der Waals surface area contributed by atoms with Gasteiger partial charge in [-0.3, -0.25) is 19.0 Å². The monoisotopic (exact) mass is 527 g/mol. The quantitative estimate of drug-likeness (QED) is 0.360. The summed E-state index contributed by atoms with van der Waals surface area (Å²) in [5.41, 5.74) is 3.58. The second-order valence-electron chi connectivity index (χ2n) is 8.33. The van der Waals surface area contributed by atoms with E-state index in [0.717, 1.165) is 11.3 Å². The van der Waals surface area contributed by atoms with E-state index in [1.807, 2.05) is 24.4 Å². The minimum Gasteiger partial charge on any atom is -0.496 e. The van der Waals surface area contributed by atoms with Crippen molar-refractivity contribution in [3.05, 3.63) is 77.4 Å². The van der Waals surface area contributed by atoms with Gasteiger partial charge in [-0.1, -0.05) is 6.07 Å². The van der Waals surface area contributed by atoms with E-state index in [9.17, 15) is 22.8 Å². The van der Waals surface area contributed by atoms with Crippen LogP contribution in [0.4, 0.5) is 13.2 Å². The molecule has 0 bridgehead atoms. The summed E-state index contributed by atoms with van der Waals surface area (Å²) in [5, 5.41) is 4.68. The summed E-state index contributed by atoms with van der Waals surface area (Å²) in [6, 6.07) is 10.0. The number of rotatable bonds is 8. The molecule has 0 atom stereocenters. The van der Waals surface area contributed by atoms with E-state index in [4.69, 9.17) is 9.47 Å². The largest absolute Gasteiger partial charge is 0.496 e. The average Bonchev–Trinajstić information content (AvgIpc) is 3.33. The Hall–Kier alpha value is -4.61. The van der Waals surface area contributed by atoms with E-state index in [2.05, 4.69) is 15.3 Å². The summed E-state index contributed by atoms with van der Waals surface area (Å²) in [6.45, 7) is 0.705. The van der Waals surface area contributed by atoms with Gasteiger partial charge in [0.15, 0.2) is 0 Å². The van der Waals surface area contributed by atoms with Crippen molar-refractivity contribution in [1.82, 2.24) is 25.0 Å². The number of carbonyl (C=O) groups excluding carboxylic acids is 2. The van der Waals surface area contributed by atoms with E-state index >= 15 is 0 Å². The molecule has 198 valence electrons. The molecule has 4 aromatic rings. The predicted molar refractivity (Wildman–Crippen MR) is 132 cm³/mol. The van der Waals surface area contributed by atoms with Crippen LogP contribution in [0, 0.1) is 6.92 Å². The maximum atomic E-state index is 12.7. The Labute approximate surface area is 215 Å². The molecule has 9 nitrogen and oxygen atoms in total. The van der Waals surface area contributed by atoms with Crippen LogP contribution in [0.3, 0.4) is 0 Å². The van der Waals surface area contributed by atoms with Crippen LogP contribution in [-0.2, 0) is 6.54 Å². The van der Waals surface area contributed by atoms with Gasteiger partial charge < -0.3 is 20.1 Å². The van der Waals surface area contributed by atoms with E-state index in [0.29, 0.717) is 29.0 Å². The highest BCUT2D eigenvalue weighted by molar-refractivity contribution is 6.00. The zero-order valence-electron chi connectivity index (χ0n) is 20.7. The lowest BCUT2D eigenvalue weighted by molar-refractivity contribution is -0.123. The topological polar surface area (TPSA) is 107 Å². The van der Waals surface area contributed by atoms with Crippen molar-refractivity contribution in [3.8, 4) is 22.8 Å². The third kappa shape index (κ3) is 5.85. The number of fused-ring (bicyclic) bond motifs is 1. The highest BCUT2D eigenvalue weighted by atomic mass is 19.4. The molecule has 12 heteroatoms. The Morgan fingerprint density at radius 2 is 1.66 bits per heavy atom. The number of nitrogens with zero attached hydrogens (tertiary/aromatic N) is 3. The van der Waals surface area contributed by atoms with Crippen molar-refractivity contribution in [2.45, 2.75) is 19.6 Å². The lowest BCUT2D eigenvalue weighted by Gasteiger charge is -2.16. The number of carbonyl (C=O) groups is 2. The maximum absolute atomic E-state index is 12.7. The van der Waals surface area contributed by atoms with Crippen LogP contribution in [0.5, 0.6) is 11.5 Å². The summed E-state index contributed by atoms with van der Waals surface area (Å²) in [4.78, 5) is 33.8. The second kappa shape index (κ2) is 10.8. The molecule has 0 aliphatic heterocycles. The number of ether oxygens (including phenoxy) is 2. The first-order valence-corrected chi connectivity index (χ1v) is 11.4. The van der Waals surface area contributed by atoms with Gasteiger partial charge >= 0.3 is 6.18 Å². The molecule has 0 radical (unpaired) electrons. The third-order valence-corrected chi connectivity index (χ3v) is 5.68. The standard InChI is InChI=1S/C26H24F3N5O4/c1-15-4-5-16(11-30-15)12-32-24(35)17-6-7-34-19(13-31-22(34)10-17)18-8-20(37-2)23(21(9-18)38-3)25(36)33-14-26(27,28)29/h4-11,13H,12,14H2,1-3H3,(H,32,35)(H,33,36). The highest BCUT2D eigenvalue weighted by Gasteiger charge is 2.30. The first kappa shape index (κ1) is 26.5. The lowest BCUT2D eigenvalue weighted by Crippen LogP contribution is -2.34. The van der Waals surface area contributed by atoms with Crippen LogP contribution in [0.2, 0.25) is 0 Å². The van der Waals surface area contributed by atoms with Gasteiger partial charge in [-0.15, -0.1) is 0 Å². The van der Waals surface area contributed by atoms with Crippen LogP contribution < -0.4 is 20.1 Å². The second-order valence-corrected chi connectivity index (χ2v) is 8.33. The Bertz CT molecular complexity index is 1460. The number of nitrogens with one attached hydrogen (secondary N) is 2. The fraction of sp³-hybridized carbons (Fsp3) is 0.231. The Morgan fingerprint density at radius 3 is 2.26 bits per heavy atom. The number of benzene rings is 1. The highest BCUT2D eigenvalue weighted by Crippen LogP contribution is 2.35. The van der Waals surface area contributed by atoms with Crippen molar-refractivity contribution in [2.75, 3.05) is 20.8 Å². The number of aryl methyl sites for hydroxylation is 1. The number of amides is 2. The minimum absolute atomic E-state index is 0.0237. The summed E-state index contributed by atoms with van der Waals surface area (Å²) in [6.07, 6.45) is 0.364. The Morgan fingerprint density at radius 1 is 0.947 bits per heavy atom. The van der Waals surface area contributed by atoms with Crippen LogP contribution >= 0.6 is 0 Å². The minimum atomic E-state index is -4.57. The number of hydrogen-bond donors (Lipinski definition) is 2. The number of aromatic nitrogens is 3. The van der Waals surface area contributed by atoms with E-state index in [1.165, 1.54) is 26.4 Å². The van der Waals surface area contributed by atoms with Gasteiger partial charge in [0.25, 0.3) is 11.8 Å². The fourth-order valence-corrected chi connectivity index (χ4v) is 3.78. The van der Waals surface area contributed by atoms with Gasteiger partial charge in [-0.05, 0) is 42.8 Å². The average molecular weight is 528 g/mol. The zero-order chi connectivity index (χ0) is 27.4. The number of imidazole rings is 1. The number of methoxy groups -OCH3 is 2. The van der Waals surface area contributed by atoms with Gasteiger partial charge in [0.2, 0.25) is 0 Å². The van der Waals surface area contributed by atoms with Crippen LogP contribution in [0.25, 0.3) is 16.9 Å². The molecule has 2 amide bonds. The number of alkyl halides is 3. The van der Waals surface area contributed by atoms with Crippen molar-refractivity contribution in [1.29, 1.82) is 0 Å². The molecule has 3 aromatic heterocycles. The van der Waals surface area contributed by atoms with Crippen molar-refractivity contribution in [2.24, 2.45) is 0 Å². The summed E-state index contributed by atoms with van der Waals surface area (Å²) < 4.78 is 50.1. The molecule has 38 heavy (non-hydrogen) atoms. The van der Waals surface area contributed by atoms with Crippen molar-refractivity contribution >= 4 is 17.5 Å². The van der Waals surface area contributed by atoms with Gasteiger partial charge in [-0.25, -0.2) is 4.98 Å². The molecular weight excluding hydrogens is 503 g/mol. The Balaban J connectivity index is 1.60. The number of hydrogen-bond acceptors (Lipinski definition) is 6. The first-order valence-electron chi connectivity index (χ1n) is 11.4. The SMILES string of the molecule is COc1cc(-c2cnc3cc(C(=O)NCc4ccc(C)nc4)ccn23)cc(OC)c1C(=O)NCC(F)(F)F. The molecule has 4 rings (SSSR count). The molecule has 2 N–H and O–H groups in total. The number of pyridine rings is 2. The molecule has 0 saturated carbocycles. The molecule has 3 heterocycles. The predicted octanol–water partition coefficient (Wildman–Crippen LogP) is 3.94. The van der Waals surface area contributed by atoms with Crippen LogP contribution in [0.1, 0.15) is 32.0 Å². The molecule has 0 aliphatic carbocycles. The summed E-state index contributed by atoms with van der Waals surface area (Å²) in [7, 11) is 2.59. The van der Waals surface area contributed by atoms with E-state index < -0.39 is 18.6 Å². The number of halogens is 3. The van der Waals surface area contributed by atoms with Crippen LogP contribution in [-0.4, -0.2) is 53.1 Å². The van der Waals surface area contributed by atoms with E-state index in [-0.39, 0.29) is 23.0 Å². The van der Waals surface area contributed by atoms with Crippen LogP contribution in [0.15, 0.2) is 55.0 Å². The Kier molecular flexibility index (Phi) is 7.51. The van der Waals surface area contributed by atoms with E-state index in [1.54, 1.807) is 35.1 Å². The molecule has 0 unspecified atom stereocenters.